The van der Waals surface area contributed by atoms with Crippen LogP contribution in [0.2, 0.25) is 0 Å². The molecule has 0 radical (unpaired) electrons. The Labute approximate surface area is 115 Å². The molecular formula is C14H25N3O2. The van der Waals surface area contributed by atoms with Crippen LogP contribution in [0.25, 0.3) is 0 Å². The molecule has 1 rings (SSSR count). The van der Waals surface area contributed by atoms with Crippen LogP contribution in [0.5, 0.6) is 0 Å². The highest BCUT2D eigenvalue weighted by atomic mass is 16.3. The lowest BCUT2D eigenvalue weighted by Crippen LogP contribution is -2.54. The van der Waals surface area contributed by atoms with Gasteiger partial charge in [0.1, 0.15) is 5.54 Å². The number of aliphatic hydroxyl groups is 1. The van der Waals surface area contributed by atoms with Gasteiger partial charge in [0, 0.05) is 6.04 Å². The third-order valence-corrected chi connectivity index (χ3v) is 4.09. The van der Waals surface area contributed by atoms with Gasteiger partial charge in [-0.1, -0.05) is 20.3 Å². The highest BCUT2D eigenvalue weighted by Gasteiger charge is 2.31. The Balaban J connectivity index is 2.57. The van der Waals surface area contributed by atoms with Gasteiger partial charge in [0.2, 0.25) is 5.91 Å². The minimum Gasteiger partial charge on any atom is -0.395 e. The third-order valence-electron chi connectivity index (χ3n) is 4.09. The summed E-state index contributed by atoms with van der Waals surface area (Å²) in [4.78, 5) is 14.1. The first-order chi connectivity index (χ1) is 8.92. The molecule has 0 aliphatic carbocycles. The number of piperidine rings is 1. The fraction of sp³-hybridized carbons (Fsp3) is 0.857. The minimum atomic E-state index is -0.832. The second kappa shape index (κ2) is 6.88. The van der Waals surface area contributed by atoms with Crippen molar-refractivity contribution in [3.63, 3.8) is 0 Å². The maximum Gasteiger partial charge on any atom is 0.235 e. The van der Waals surface area contributed by atoms with Gasteiger partial charge in [0.25, 0.3) is 0 Å². The SMILES string of the molecule is CC(C)C(C)(C#N)NC(=O)CN1CCCCC1CO. The van der Waals surface area contributed by atoms with Crippen LogP contribution in [0.4, 0.5) is 0 Å². The number of nitrogens with one attached hydrogen (secondary N) is 1. The monoisotopic (exact) mass is 267 g/mol. The summed E-state index contributed by atoms with van der Waals surface area (Å²) in [6.45, 7) is 6.77. The average molecular weight is 267 g/mol. The van der Waals surface area contributed by atoms with Crippen LogP contribution in [0.3, 0.4) is 0 Å². The number of likely N-dealkylation sites (tertiary alicyclic amines) is 1. The van der Waals surface area contributed by atoms with Crippen molar-refractivity contribution in [3.05, 3.63) is 0 Å². The molecule has 2 atom stereocenters. The predicted molar refractivity (Wildman–Crippen MR) is 73.3 cm³/mol. The number of carbonyl (C=O) groups excluding carboxylic acids is 1. The van der Waals surface area contributed by atoms with E-state index in [0.29, 0.717) is 0 Å². The lowest BCUT2D eigenvalue weighted by molar-refractivity contribution is -0.125. The molecular weight excluding hydrogens is 242 g/mol. The molecule has 1 saturated heterocycles. The zero-order valence-corrected chi connectivity index (χ0v) is 12.1. The zero-order chi connectivity index (χ0) is 14.5. The van der Waals surface area contributed by atoms with Crippen molar-refractivity contribution < 1.29 is 9.90 Å². The molecule has 5 nitrogen and oxygen atoms in total. The van der Waals surface area contributed by atoms with E-state index in [2.05, 4.69) is 11.4 Å². The molecule has 0 aromatic rings. The predicted octanol–water partition coefficient (Wildman–Crippen LogP) is 0.888. The first kappa shape index (κ1) is 15.9. The van der Waals surface area contributed by atoms with Crippen molar-refractivity contribution in [1.29, 1.82) is 5.26 Å². The van der Waals surface area contributed by atoms with Crippen molar-refractivity contribution in [1.82, 2.24) is 10.2 Å². The summed E-state index contributed by atoms with van der Waals surface area (Å²) in [6, 6.07) is 2.25. The Hall–Kier alpha value is -1.12. The standard InChI is InChI=1S/C14H25N3O2/c1-11(2)14(3,10-15)16-13(19)8-17-7-5-4-6-12(17)9-18/h11-12,18H,4-9H2,1-3H3,(H,16,19). The molecule has 1 fully saturated rings. The van der Waals surface area contributed by atoms with Gasteiger partial charge >= 0.3 is 0 Å². The zero-order valence-electron chi connectivity index (χ0n) is 12.1. The second-order valence-corrected chi connectivity index (χ2v) is 5.82. The summed E-state index contributed by atoms with van der Waals surface area (Å²) in [6.07, 6.45) is 3.10. The number of carbonyl (C=O) groups is 1. The van der Waals surface area contributed by atoms with Gasteiger partial charge in [-0.3, -0.25) is 9.69 Å². The summed E-state index contributed by atoms with van der Waals surface area (Å²) in [5.41, 5.74) is -0.832. The van der Waals surface area contributed by atoms with E-state index in [1.165, 1.54) is 0 Å². The molecule has 1 amide bonds. The van der Waals surface area contributed by atoms with Gasteiger partial charge in [-0.15, -0.1) is 0 Å². The quantitative estimate of drug-likeness (QED) is 0.775. The molecule has 19 heavy (non-hydrogen) atoms. The van der Waals surface area contributed by atoms with Crippen LogP contribution in [0, 0.1) is 17.2 Å². The topological polar surface area (TPSA) is 76.4 Å². The van der Waals surface area contributed by atoms with Gasteiger partial charge in [-0.25, -0.2) is 0 Å². The van der Waals surface area contributed by atoms with E-state index < -0.39 is 5.54 Å². The van der Waals surface area contributed by atoms with Crippen LogP contribution in [-0.4, -0.2) is 47.2 Å². The maximum atomic E-state index is 12.1. The molecule has 1 aliphatic heterocycles. The van der Waals surface area contributed by atoms with Gasteiger partial charge in [0.15, 0.2) is 0 Å². The fourth-order valence-electron chi connectivity index (χ4n) is 2.29. The Kier molecular flexibility index (Phi) is 5.77. The van der Waals surface area contributed by atoms with Crippen molar-refractivity contribution in [3.8, 4) is 6.07 Å². The van der Waals surface area contributed by atoms with Gasteiger partial charge in [-0.2, -0.15) is 5.26 Å². The van der Waals surface area contributed by atoms with Crippen LogP contribution in [-0.2, 0) is 4.79 Å². The van der Waals surface area contributed by atoms with E-state index in [0.717, 1.165) is 25.8 Å². The van der Waals surface area contributed by atoms with Crippen molar-refractivity contribution in [2.75, 3.05) is 19.7 Å². The normalized spacial score (nSPS) is 23.7. The van der Waals surface area contributed by atoms with Crippen LogP contribution in [0.15, 0.2) is 0 Å². The van der Waals surface area contributed by atoms with E-state index in [4.69, 9.17) is 0 Å². The third kappa shape index (κ3) is 4.19. The van der Waals surface area contributed by atoms with E-state index >= 15 is 0 Å². The lowest BCUT2D eigenvalue weighted by atomic mass is 9.90. The Morgan fingerprint density at radius 3 is 2.79 bits per heavy atom. The highest BCUT2D eigenvalue weighted by molar-refractivity contribution is 5.79. The molecule has 1 heterocycles. The Morgan fingerprint density at radius 1 is 1.58 bits per heavy atom. The van der Waals surface area contributed by atoms with Gasteiger partial charge in [0.05, 0.1) is 19.2 Å². The lowest BCUT2D eigenvalue weighted by Gasteiger charge is -2.35. The average Bonchev–Trinajstić information content (AvgIpc) is 2.38. The van der Waals surface area contributed by atoms with Crippen LogP contribution >= 0.6 is 0 Å². The molecule has 0 spiro atoms. The summed E-state index contributed by atoms with van der Waals surface area (Å²) in [7, 11) is 0. The molecule has 0 bridgehead atoms. The molecule has 0 aromatic carbocycles. The molecule has 5 heteroatoms. The van der Waals surface area contributed by atoms with Crippen LogP contribution < -0.4 is 5.32 Å². The molecule has 108 valence electrons. The Morgan fingerprint density at radius 2 is 2.26 bits per heavy atom. The number of amides is 1. The van der Waals surface area contributed by atoms with Crippen molar-refractivity contribution in [2.45, 2.75) is 51.6 Å². The molecule has 0 aromatic heterocycles. The fourth-order valence-corrected chi connectivity index (χ4v) is 2.29. The number of hydrogen-bond donors (Lipinski definition) is 2. The number of nitriles is 1. The van der Waals surface area contributed by atoms with E-state index in [9.17, 15) is 15.2 Å². The number of nitrogens with zero attached hydrogens (tertiary/aromatic N) is 2. The van der Waals surface area contributed by atoms with E-state index in [1.807, 2.05) is 18.7 Å². The summed E-state index contributed by atoms with van der Waals surface area (Å²) in [5.74, 6) is -0.0884. The van der Waals surface area contributed by atoms with Gasteiger partial charge in [-0.05, 0) is 32.2 Å². The summed E-state index contributed by atoms with van der Waals surface area (Å²) in [5, 5.41) is 21.3. The molecule has 1 aliphatic rings. The van der Waals surface area contributed by atoms with E-state index in [-0.39, 0.29) is 31.0 Å². The maximum absolute atomic E-state index is 12.1. The Bertz CT molecular complexity index is 351. The largest absolute Gasteiger partial charge is 0.395 e. The molecule has 2 unspecified atom stereocenters. The number of aliphatic hydroxyl groups excluding tert-OH is 1. The first-order valence-corrected chi connectivity index (χ1v) is 7.00. The van der Waals surface area contributed by atoms with Gasteiger partial charge < -0.3 is 10.4 Å². The summed E-state index contributed by atoms with van der Waals surface area (Å²) >= 11 is 0. The number of rotatable bonds is 5. The minimum absolute atomic E-state index is 0.0523. The van der Waals surface area contributed by atoms with Crippen LogP contribution in [0.1, 0.15) is 40.0 Å². The summed E-state index contributed by atoms with van der Waals surface area (Å²) < 4.78 is 0. The smallest absolute Gasteiger partial charge is 0.235 e. The first-order valence-electron chi connectivity index (χ1n) is 7.00. The molecule has 0 saturated carbocycles. The molecule has 2 N–H and O–H groups in total. The number of hydrogen-bond acceptors (Lipinski definition) is 4. The van der Waals surface area contributed by atoms with Crippen molar-refractivity contribution >= 4 is 5.91 Å². The van der Waals surface area contributed by atoms with Crippen molar-refractivity contribution in [2.24, 2.45) is 5.92 Å². The highest BCUT2D eigenvalue weighted by Crippen LogP contribution is 2.18. The second-order valence-electron chi connectivity index (χ2n) is 5.82. The van der Waals surface area contributed by atoms with E-state index in [1.54, 1.807) is 6.92 Å².